The molecule has 0 aliphatic carbocycles. The molecule has 3 heteroatoms. The van der Waals surface area contributed by atoms with E-state index in [4.69, 9.17) is 0 Å². The number of nitrogens with zero attached hydrogens (tertiary/aromatic N) is 2. The van der Waals surface area contributed by atoms with Crippen molar-refractivity contribution in [3.8, 4) is 11.8 Å². The zero-order valence-electron chi connectivity index (χ0n) is 7.96. The van der Waals surface area contributed by atoms with Gasteiger partial charge in [0.15, 0.2) is 0 Å². The maximum absolute atomic E-state index is 4.09. The Morgan fingerprint density at radius 1 is 1.38 bits per heavy atom. The molecule has 1 aromatic heterocycles. The van der Waals surface area contributed by atoms with E-state index in [1.54, 1.807) is 0 Å². The lowest BCUT2D eigenvalue weighted by Crippen LogP contribution is -2.13. The van der Waals surface area contributed by atoms with Crippen LogP contribution in [0.4, 0.5) is 0 Å². The van der Waals surface area contributed by atoms with E-state index >= 15 is 0 Å². The van der Waals surface area contributed by atoms with E-state index in [0.717, 1.165) is 17.9 Å². The summed E-state index contributed by atoms with van der Waals surface area (Å²) in [5.74, 6) is 6.55. The number of hydrogen-bond acceptors (Lipinski definition) is 3. The fraction of sp³-hybridized carbons (Fsp3) is 0.400. The quantitative estimate of drug-likeness (QED) is 0.548. The predicted octanol–water partition coefficient (Wildman–Crippen LogP) is 0.898. The zero-order chi connectivity index (χ0) is 9.52. The number of rotatable bonds is 3. The standard InChI is InChI=1S/C10H13N3/c1-3-4-5-11-6-10-7-12-9(2)13-8-10/h7-8,11H,5-6H2,1-2H3. The Labute approximate surface area is 78.6 Å². The van der Waals surface area contributed by atoms with Gasteiger partial charge in [-0.05, 0) is 13.8 Å². The Morgan fingerprint density at radius 3 is 2.69 bits per heavy atom. The van der Waals surface area contributed by atoms with E-state index in [2.05, 4.69) is 27.1 Å². The number of aryl methyl sites for hydroxylation is 1. The van der Waals surface area contributed by atoms with Crippen LogP contribution < -0.4 is 5.32 Å². The summed E-state index contributed by atoms with van der Waals surface area (Å²) in [6.07, 6.45) is 3.66. The highest BCUT2D eigenvalue weighted by Gasteiger charge is 1.91. The first-order valence-electron chi connectivity index (χ1n) is 4.21. The van der Waals surface area contributed by atoms with Gasteiger partial charge in [0.05, 0.1) is 6.54 Å². The van der Waals surface area contributed by atoms with E-state index < -0.39 is 0 Å². The molecule has 0 saturated carbocycles. The van der Waals surface area contributed by atoms with Crippen molar-refractivity contribution < 1.29 is 0 Å². The van der Waals surface area contributed by atoms with E-state index in [9.17, 15) is 0 Å². The monoisotopic (exact) mass is 175 g/mol. The van der Waals surface area contributed by atoms with Crippen molar-refractivity contribution in [3.63, 3.8) is 0 Å². The average Bonchev–Trinajstić information content (AvgIpc) is 2.15. The molecule has 0 unspecified atom stereocenters. The fourth-order valence-electron chi connectivity index (χ4n) is 0.868. The van der Waals surface area contributed by atoms with Crippen LogP contribution in [0.5, 0.6) is 0 Å². The van der Waals surface area contributed by atoms with Crippen molar-refractivity contribution in [2.24, 2.45) is 0 Å². The van der Waals surface area contributed by atoms with Gasteiger partial charge in [0.25, 0.3) is 0 Å². The molecule has 3 nitrogen and oxygen atoms in total. The molecular formula is C10H13N3. The maximum atomic E-state index is 4.09. The van der Waals surface area contributed by atoms with E-state index in [1.807, 2.05) is 26.2 Å². The second kappa shape index (κ2) is 5.28. The third kappa shape index (κ3) is 3.68. The van der Waals surface area contributed by atoms with Crippen molar-refractivity contribution in [2.75, 3.05) is 6.54 Å². The average molecular weight is 175 g/mol. The lowest BCUT2D eigenvalue weighted by molar-refractivity contribution is 0.759. The van der Waals surface area contributed by atoms with Crippen molar-refractivity contribution in [1.82, 2.24) is 15.3 Å². The van der Waals surface area contributed by atoms with E-state index in [0.29, 0.717) is 6.54 Å². The van der Waals surface area contributed by atoms with Gasteiger partial charge in [-0.2, -0.15) is 0 Å². The van der Waals surface area contributed by atoms with Crippen LogP contribution >= 0.6 is 0 Å². The lowest BCUT2D eigenvalue weighted by Gasteiger charge is -1.99. The van der Waals surface area contributed by atoms with Crippen LogP contribution in [-0.4, -0.2) is 16.5 Å². The second-order valence-corrected chi connectivity index (χ2v) is 2.67. The van der Waals surface area contributed by atoms with Gasteiger partial charge in [0.2, 0.25) is 0 Å². The minimum atomic E-state index is 0.713. The Bertz CT molecular complexity index is 305. The minimum Gasteiger partial charge on any atom is -0.302 e. The number of hydrogen-bond donors (Lipinski definition) is 1. The van der Waals surface area contributed by atoms with Gasteiger partial charge < -0.3 is 5.32 Å². The first-order valence-corrected chi connectivity index (χ1v) is 4.21. The van der Waals surface area contributed by atoms with Crippen LogP contribution in [0.15, 0.2) is 12.4 Å². The molecule has 0 aliphatic heterocycles. The highest BCUT2D eigenvalue weighted by atomic mass is 14.9. The summed E-state index contributed by atoms with van der Waals surface area (Å²) >= 11 is 0. The smallest absolute Gasteiger partial charge is 0.125 e. The van der Waals surface area contributed by atoms with Crippen molar-refractivity contribution in [2.45, 2.75) is 20.4 Å². The topological polar surface area (TPSA) is 37.8 Å². The van der Waals surface area contributed by atoms with Crippen LogP contribution in [0, 0.1) is 18.8 Å². The Hall–Kier alpha value is -1.40. The normalized spacial score (nSPS) is 9.08. The molecule has 0 spiro atoms. The molecular weight excluding hydrogens is 162 g/mol. The molecule has 0 amide bonds. The summed E-state index contributed by atoms with van der Waals surface area (Å²) in [5, 5.41) is 3.17. The highest BCUT2D eigenvalue weighted by Crippen LogP contribution is 1.93. The zero-order valence-corrected chi connectivity index (χ0v) is 7.96. The van der Waals surface area contributed by atoms with Crippen LogP contribution in [0.1, 0.15) is 18.3 Å². The van der Waals surface area contributed by atoms with Gasteiger partial charge in [-0.1, -0.05) is 5.92 Å². The summed E-state index contributed by atoms with van der Waals surface area (Å²) < 4.78 is 0. The van der Waals surface area contributed by atoms with Gasteiger partial charge in [-0.15, -0.1) is 5.92 Å². The first kappa shape index (κ1) is 9.69. The SMILES string of the molecule is CC#CCNCc1cnc(C)nc1. The molecule has 0 aliphatic rings. The summed E-state index contributed by atoms with van der Waals surface area (Å²) in [5.41, 5.74) is 1.09. The molecule has 0 bridgehead atoms. The van der Waals surface area contributed by atoms with E-state index in [1.165, 1.54) is 0 Å². The third-order valence-corrected chi connectivity index (χ3v) is 1.55. The Morgan fingerprint density at radius 2 is 2.08 bits per heavy atom. The lowest BCUT2D eigenvalue weighted by atomic mass is 10.3. The minimum absolute atomic E-state index is 0.713. The molecule has 0 radical (unpaired) electrons. The van der Waals surface area contributed by atoms with E-state index in [-0.39, 0.29) is 0 Å². The molecule has 13 heavy (non-hydrogen) atoms. The summed E-state index contributed by atoms with van der Waals surface area (Å²) in [6.45, 7) is 5.19. The van der Waals surface area contributed by atoms with Gasteiger partial charge in [0, 0.05) is 24.5 Å². The molecule has 0 atom stereocenters. The number of aromatic nitrogens is 2. The van der Waals surface area contributed by atoms with Gasteiger partial charge in [-0.3, -0.25) is 0 Å². The second-order valence-electron chi connectivity index (χ2n) is 2.67. The molecule has 0 fully saturated rings. The fourth-order valence-corrected chi connectivity index (χ4v) is 0.868. The van der Waals surface area contributed by atoms with Crippen LogP contribution in [0.2, 0.25) is 0 Å². The van der Waals surface area contributed by atoms with Crippen LogP contribution in [-0.2, 0) is 6.54 Å². The summed E-state index contributed by atoms with van der Waals surface area (Å²) in [7, 11) is 0. The molecule has 1 rings (SSSR count). The summed E-state index contributed by atoms with van der Waals surface area (Å²) in [6, 6.07) is 0. The molecule has 1 heterocycles. The maximum Gasteiger partial charge on any atom is 0.125 e. The van der Waals surface area contributed by atoms with Crippen LogP contribution in [0.25, 0.3) is 0 Å². The first-order chi connectivity index (χ1) is 6.33. The molecule has 0 aromatic carbocycles. The third-order valence-electron chi connectivity index (χ3n) is 1.55. The van der Waals surface area contributed by atoms with Crippen molar-refractivity contribution >= 4 is 0 Å². The highest BCUT2D eigenvalue weighted by molar-refractivity contribution is 5.05. The Balaban J connectivity index is 2.36. The van der Waals surface area contributed by atoms with Crippen LogP contribution in [0.3, 0.4) is 0 Å². The summed E-state index contributed by atoms with van der Waals surface area (Å²) in [4.78, 5) is 8.18. The van der Waals surface area contributed by atoms with Crippen molar-refractivity contribution in [3.05, 3.63) is 23.8 Å². The van der Waals surface area contributed by atoms with Crippen molar-refractivity contribution in [1.29, 1.82) is 0 Å². The molecule has 0 saturated heterocycles. The largest absolute Gasteiger partial charge is 0.302 e. The number of nitrogens with one attached hydrogen (secondary N) is 1. The molecule has 68 valence electrons. The molecule has 1 N–H and O–H groups in total. The van der Waals surface area contributed by atoms with Gasteiger partial charge >= 0.3 is 0 Å². The Kier molecular flexibility index (Phi) is 3.94. The van der Waals surface area contributed by atoms with Gasteiger partial charge in [-0.25, -0.2) is 9.97 Å². The molecule has 1 aromatic rings. The van der Waals surface area contributed by atoms with Gasteiger partial charge in [0.1, 0.15) is 5.82 Å². The predicted molar refractivity (Wildman–Crippen MR) is 51.9 cm³/mol.